The van der Waals surface area contributed by atoms with Gasteiger partial charge in [0, 0.05) is 24.7 Å². The maximum Gasteiger partial charge on any atom is 0.286 e. The number of carbonyl (C=O) groups excluding carboxylic acids is 1. The molecule has 0 unspecified atom stereocenters. The van der Waals surface area contributed by atoms with Gasteiger partial charge in [0.05, 0.1) is 0 Å². The lowest BCUT2D eigenvalue weighted by molar-refractivity contribution is 0.241. The Morgan fingerprint density at radius 1 is 1.50 bits per heavy atom. The molecule has 0 aliphatic rings. The Hall–Kier alpha value is -1.23. The minimum absolute atomic E-state index is 0.136. The number of anilines is 1. The molecule has 1 amide bonds. The second kappa shape index (κ2) is 4.32. The maximum absolute atomic E-state index is 12.7. The van der Waals surface area contributed by atoms with Crippen LogP contribution in [0.5, 0.6) is 0 Å². The summed E-state index contributed by atoms with van der Waals surface area (Å²) >= 11 is 0.982. The lowest BCUT2D eigenvalue weighted by Gasteiger charge is -2.10. The van der Waals surface area contributed by atoms with Gasteiger partial charge in [-0.2, -0.15) is 0 Å². The van der Waals surface area contributed by atoms with Gasteiger partial charge in [-0.3, -0.25) is 4.79 Å². The van der Waals surface area contributed by atoms with Gasteiger partial charge in [0.1, 0.15) is 5.82 Å². The molecule has 1 aromatic rings. The van der Waals surface area contributed by atoms with Crippen LogP contribution in [0.15, 0.2) is 23.1 Å². The molecule has 0 atom stereocenters. The van der Waals surface area contributed by atoms with Crippen LogP contribution in [0.1, 0.15) is 0 Å². The molecule has 0 saturated heterocycles. The SMILES string of the molecule is CN(C)C(=O)Sc1ccc(F)cc1N. The van der Waals surface area contributed by atoms with E-state index in [-0.39, 0.29) is 10.9 Å². The van der Waals surface area contributed by atoms with Crippen molar-refractivity contribution in [2.75, 3.05) is 19.8 Å². The number of nitrogens with zero attached hydrogens (tertiary/aromatic N) is 1. The van der Waals surface area contributed by atoms with Crippen molar-refractivity contribution in [3.63, 3.8) is 0 Å². The van der Waals surface area contributed by atoms with Crippen molar-refractivity contribution in [1.29, 1.82) is 0 Å². The summed E-state index contributed by atoms with van der Waals surface area (Å²) < 4.78 is 12.7. The zero-order valence-corrected chi connectivity index (χ0v) is 8.77. The Bertz CT molecular complexity index is 355. The van der Waals surface area contributed by atoms with E-state index in [0.717, 1.165) is 11.8 Å². The van der Waals surface area contributed by atoms with Gasteiger partial charge >= 0.3 is 0 Å². The first-order chi connectivity index (χ1) is 6.50. The Morgan fingerprint density at radius 3 is 2.64 bits per heavy atom. The fourth-order valence-electron chi connectivity index (χ4n) is 0.798. The molecule has 14 heavy (non-hydrogen) atoms. The fourth-order valence-corrected chi connectivity index (χ4v) is 1.48. The summed E-state index contributed by atoms with van der Waals surface area (Å²) in [6.07, 6.45) is 0. The van der Waals surface area contributed by atoms with E-state index < -0.39 is 5.82 Å². The van der Waals surface area contributed by atoms with Gasteiger partial charge < -0.3 is 10.6 Å². The van der Waals surface area contributed by atoms with Crippen LogP contribution in [0.3, 0.4) is 0 Å². The van der Waals surface area contributed by atoms with Crippen molar-refractivity contribution in [3.8, 4) is 0 Å². The average Bonchev–Trinajstić information content (AvgIpc) is 2.09. The largest absolute Gasteiger partial charge is 0.398 e. The molecule has 0 saturated carbocycles. The molecule has 76 valence electrons. The number of amides is 1. The summed E-state index contributed by atoms with van der Waals surface area (Å²) in [5.41, 5.74) is 5.82. The molecule has 0 heterocycles. The highest BCUT2D eigenvalue weighted by Gasteiger charge is 2.09. The first kappa shape index (κ1) is 10.8. The predicted molar refractivity (Wildman–Crippen MR) is 55.8 cm³/mol. The van der Waals surface area contributed by atoms with Crippen LogP contribution in [0.4, 0.5) is 14.9 Å². The molecule has 0 fully saturated rings. The molecular formula is C9H11FN2OS. The molecule has 0 aromatic heterocycles. The highest BCUT2D eigenvalue weighted by Crippen LogP contribution is 2.26. The van der Waals surface area contributed by atoms with Crippen LogP contribution < -0.4 is 5.73 Å². The van der Waals surface area contributed by atoms with Crippen molar-refractivity contribution in [1.82, 2.24) is 4.90 Å². The van der Waals surface area contributed by atoms with Gasteiger partial charge in [-0.25, -0.2) is 4.39 Å². The Morgan fingerprint density at radius 2 is 2.14 bits per heavy atom. The molecule has 1 rings (SSSR count). The summed E-state index contributed by atoms with van der Waals surface area (Å²) in [5, 5.41) is -0.136. The zero-order valence-electron chi connectivity index (χ0n) is 7.95. The number of nitrogens with two attached hydrogens (primary N) is 1. The normalized spacial score (nSPS) is 9.93. The van der Waals surface area contributed by atoms with E-state index >= 15 is 0 Å². The van der Waals surface area contributed by atoms with E-state index in [2.05, 4.69) is 0 Å². The lowest BCUT2D eigenvalue weighted by Crippen LogP contribution is -2.16. The van der Waals surface area contributed by atoms with Crippen molar-refractivity contribution in [2.24, 2.45) is 0 Å². The molecule has 0 aliphatic heterocycles. The van der Waals surface area contributed by atoms with Gasteiger partial charge in [0.15, 0.2) is 0 Å². The number of hydrogen-bond donors (Lipinski definition) is 1. The number of rotatable bonds is 1. The van der Waals surface area contributed by atoms with E-state index in [1.807, 2.05) is 0 Å². The quantitative estimate of drug-likeness (QED) is 0.575. The molecular weight excluding hydrogens is 203 g/mol. The Labute approximate surface area is 86.1 Å². The van der Waals surface area contributed by atoms with Crippen molar-refractivity contribution in [2.45, 2.75) is 4.90 Å². The lowest BCUT2D eigenvalue weighted by atomic mass is 10.3. The van der Waals surface area contributed by atoms with E-state index in [4.69, 9.17) is 5.73 Å². The Balaban J connectivity index is 2.82. The molecule has 2 N–H and O–H groups in total. The summed E-state index contributed by atoms with van der Waals surface area (Å²) in [6.45, 7) is 0. The highest BCUT2D eigenvalue weighted by atomic mass is 32.2. The average molecular weight is 214 g/mol. The molecule has 0 radical (unpaired) electrons. The van der Waals surface area contributed by atoms with Gasteiger partial charge in [0.25, 0.3) is 5.24 Å². The minimum Gasteiger partial charge on any atom is -0.398 e. The second-order valence-electron chi connectivity index (χ2n) is 2.94. The third kappa shape index (κ3) is 2.63. The molecule has 5 heteroatoms. The van der Waals surface area contributed by atoms with Gasteiger partial charge in [0.2, 0.25) is 0 Å². The van der Waals surface area contributed by atoms with Crippen molar-refractivity contribution >= 4 is 22.7 Å². The first-order valence-electron chi connectivity index (χ1n) is 3.95. The van der Waals surface area contributed by atoms with E-state index in [0.29, 0.717) is 4.90 Å². The van der Waals surface area contributed by atoms with Gasteiger partial charge in [-0.15, -0.1) is 0 Å². The number of halogens is 1. The number of benzene rings is 1. The number of thioether (sulfide) groups is 1. The smallest absolute Gasteiger partial charge is 0.286 e. The number of carbonyl (C=O) groups is 1. The second-order valence-corrected chi connectivity index (χ2v) is 3.94. The van der Waals surface area contributed by atoms with Gasteiger partial charge in [-0.05, 0) is 30.0 Å². The van der Waals surface area contributed by atoms with E-state index in [1.165, 1.54) is 23.1 Å². The minimum atomic E-state index is -0.399. The van der Waals surface area contributed by atoms with E-state index in [9.17, 15) is 9.18 Å². The van der Waals surface area contributed by atoms with Crippen LogP contribution in [-0.2, 0) is 0 Å². The highest BCUT2D eigenvalue weighted by molar-refractivity contribution is 8.13. The number of hydrogen-bond acceptors (Lipinski definition) is 3. The predicted octanol–water partition coefficient (Wildman–Crippen LogP) is 2.18. The van der Waals surface area contributed by atoms with Crippen LogP contribution in [0.25, 0.3) is 0 Å². The maximum atomic E-state index is 12.7. The van der Waals surface area contributed by atoms with Crippen LogP contribution in [-0.4, -0.2) is 24.2 Å². The third-order valence-corrected chi connectivity index (χ3v) is 2.67. The summed E-state index contributed by atoms with van der Waals surface area (Å²) in [5.74, 6) is -0.399. The standard InChI is InChI=1S/C9H11FN2OS/c1-12(2)9(13)14-8-4-3-6(10)5-7(8)11/h3-5H,11H2,1-2H3. The molecule has 3 nitrogen and oxygen atoms in total. The third-order valence-electron chi connectivity index (χ3n) is 1.53. The fraction of sp³-hybridized carbons (Fsp3) is 0.222. The topological polar surface area (TPSA) is 46.3 Å². The van der Waals surface area contributed by atoms with Crippen molar-refractivity contribution in [3.05, 3.63) is 24.0 Å². The van der Waals surface area contributed by atoms with Crippen LogP contribution >= 0.6 is 11.8 Å². The molecule has 0 spiro atoms. The summed E-state index contributed by atoms with van der Waals surface area (Å²) in [6, 6.07) is 3.98. The summed E-state index contributed by atoms with van der Waals surface area (Å²) in [4.78, 5) is 13.3. The van der Waals surface area contributed by atoms with Crippen LogP contribution in [0.2, 0.25) is 0 Å². The molecule has 1 aromatic carbocycles. The number of nitrogen functional groups attached to an aromatic ring is 1. The Kier molecular flexibility index (Phi) is 3.35. The molecule has 0 aliphatic carbocycles. The molecule has 0 bridgehead atoms. The van der Waals surface area contributed by atoms with Gasteiger partial charge in [-0.1, -0.05) is 0 Å². The zero-order chi connectivity index (χ0) is 10.7. The van der Waals surface area contributed by atoms with Crippen LogP contribution in [0, 0.1) is 5.82 Å². The first-order valence-corrected chi connectivity index (χ1v) is 4.76. The van der Waals surface area contributed by atoms with E-state index in [1.54, 1.807) is 14.1 Å². The summed E-state index contributed by atoms with van der Waals surface area (Å²) in [7, 11) is 3.30. The van der Waals surface area contributed by atoms with Crippen molar-refractivity contribution < 1.29 is 9.18 Å². The monoisotopic (exact) mass is 214 g/mol.